The van der Waals surface area contributed by atoms with E-state index in [0.29, 0.717) is 6.42 Å². The van der Waals surface area contributed by atoms with Crippen LogP contribution in [0.25, 0.3) is 0 Å². The maximum atomic E-state index is 12.6. The van der Waals surface area contributed by atoms with Gasteiger partial charge in [-0.2, -0.15) is 0 Å². The fraction of sp³-hybridized carbons (Fsp3) is 0.333. The molecule has 1 heterocycles. The van der Waals surface area contributed by atoms with Crippen molar-refractivity contribution >= 4 is 5.91 Å². The third-order valence-electron chi connectivity index (χ3n) is 3.76. The Balaban J connectivity index is 2.14. The Hall–Kier alpha value is -2.36. The number of likely N-dealkylation sites (N-methyl/N-ethyl adjacent to an activating group) is 1. The fourth-order valence-electron chi connectivity index (χ4n) is 2.67. The predicted molar refractivity (Wildman–Crippen MR) is 86.4 cm³/mol. The van der Waals surface area contributed by atoms with Crippen molar-refractivity contribution in [3.63, 3.8) is 0 Å². The predicted octanol–water partition coefficient (Wildman–Crippen LogP) is 3.19. The van der Waals surface area contributed by atoms with E-state index in [1.807, 2.05) is 25.4 Å². The number of phenols is 1. The highest BCUT2D eigenvalue weighted by molar-refractivity contribution is 5.79. The van der Waals surface area contributed by atoms with E-state index in [-0.39, 0.29) is 23.6 Å². The molecule has 0 radical (unpaired) electrons. The van der Waals surface area contributed by atoms with Gasteiger partial charge in [0.2, 0.25) is 5.91 Å². The number of carbonyl (C=O) groups excluding carboxylic acids is 1. The lowest BCUT2D eigenvalue weighted by atomic mass is 9.95. The van der Waals surface area contributed by atoms with Crippen LogP contribution >= 0.6 is 0 Å². The van der Waals surface area contributed by atoms with E-state index in [0.717, 1.165) is 11.1 Å². The Labute approximate surface area is 131 Å². The fourth-order valence-corrected chi connectivity index (χ4v) is 2.67. The van der Waals surface area contributed by atoms with Gasteiger partial charge in [0.15, 0.2) is 0 Å². The molecule has 1 atom stereocenters. The first-order chi connectivity index (χ1) is 10.5. The first-order valence-electron chi connectivity index (χ1n) is 7.42. The number of aromatic hydroxyl groups is 1. The molecule has 0 fully saturated rings. The van der Waals surface area contributed by atoms with Crippen molar-refractivity contribution < 1.29 is 9.90 Å². The topological polar surface area (TPSA) is 53.4 Å². The summed E-state index contributed by atoms with van der Waals surface area (Å²) < 4.78 is 0. The Kier molecular flexibility index (Phi) is 5.15. The number of aromatic nitrogens is 1. The molecule has 0 bridgehead atoms. The first kappa shape index (κ1) is 16.0. The van der Waals surface area contributed by atoms with Gasteiger partial charge in [-0.1, -0.05) is 32.0 Å². The molecule has 22 heavy (non-hydrogen) atoms. The number of hydrogen-bond acceptors (Lipinski definition) is 3. The number of carbonyl (C=O) groups is 1. The molecule has 0 aliphatic heterocycles. The van der Waals surface area contributed by atoms with Crippen molar-refractivity contribution in [1.82, 2.24) is 9.88 Å². The van der Waals surface area contributed by atoms with Gasteiger partial charge in [0.25, 0.3) is 0 Å². The molecular weight excluding hydrogens is 276 g/mol. The average Bonchev–Trinajstić information content (AvgIpc) is 2.50. The molecule has 4 heteroatoms. The molecule has 0 aliphatic carbocycles. The molecular formula is C18H22N2O2. The number of nitrogens with zero attached hydrogens (tertiary/aromatic N) is 2. The third-order valence-corrected chi connectivity index (χ3v) is 3.76. The summed E-state index contributed by atoms with van der Waals surface area (Å²) in [7, 11) is 1.83. The summed E-state index contributed by atoms with van der Waals surface area (Å²) in [5.74, 6) is 0.547. The summed E-state index contributed by atoms with van der Waals surface area (Å²) in [5, 5.41) is 9.31. The number of rotatable bonds is 5. The summed E-state index contributed by atoms with van der Waals surface area (Å²) >= 11 is 0. The van der Waals surface area contributed by atoms with Crippen LogP contribution < -0.4 is 0 Å². The van der Waals surface area contributed by atoms with Crippen LogP contribution in [0.4, 0.5) is 0 Å². The highest BCUT2D eigenvalue weighted by Gasteiger charge is 2.24. The Morgan fingerprint density at radius 2 is 1.91 bits per heavy atom. The van der Waals surface area contributed by atoms with Crippen molar-refractivity contribution in [3.05, 3.63) is 59.9 Å². The van der Waals surface area contributed by atoms with Crippen molar-refractivity contribution in [2.45, 2.75) is 26.3 Å². The quantitative estimate of drug-likeness (QED) is 0.922. The molecule has 1 aromatic carbocycles. The summed E-state index contributed by atoms with van der Waals surface area (Å²) in [4.78, 5) is 18.5. The minimum Gasteiger partial charge on any atom is -0.508 e. The van der Waals surface area contributed by atoms with Gasteiger partial charge >= 0.3 is 0 Å². The molecule has 2 aromatic rings. The molecule has 116 valence electrons. The maximum absolute atomic E-state index is 12.6. The van der Waals surface area contributed by atoms with E-state index in [9.17, 15) is 9.90 Å². The maximum Gasteiger partial charge on any atom is 0.227 e. The number of pyridine rings is 1. The lowest BCUT2D eigenvalue weighted by molar-refractivity contribution is -0.132. The second-order valence-corrected chi connectivity index (χ2v) is 5.82. The van der Waals surface area contributed by atoms with Gasteiger partial charge in [0, 0.05) is 19.4 Å². The molecule has 1 aromatic heterocycles. The molecule has 0 aliphatic rings. The zero-order valence-electron chi connectivity index (χ0n) is 13.2. The molecule has 0 saturated heterocycles. The molecule has 0 unspecified atom stereocenters. The van der Waals surface area contributed by atoms with Crippen LogP contribution in [0.5, 0.6) is 5.75 Å². The van der Waals surface area contributed by atoms with E-state index < -0.39 is 0 Å². The standard InChI is InChI=1S/C18H22N2O2/c1-13(2)18(15-5-4-10-19-12-15)20(3)17(22)11-14-6-8-16(21)9-7-14/h4-10,12-13,18,21H,11H2,1-3H3/t18-/m1/s1. The van der Waals surface area contributed by atoms with Crippen LogP contribution in [0.3, 0.4) is 0 Å². The van der Waals surface area contributed by atoms with E-state index in [1.165, 1.54) is 0 Å². The first-order valence-corrected chi connectivity index (χ1v) is 7.42. The zero-order valence-corrected chi connectivity index (χ0v) is 13.2. The summed E-state index contributed by atoms with van der Waals surface area (Å²) in [5.41, 5.74) is 1.93. The largest absolute Gasteiger partial charge is 0.508 e. The second kappa shape index (κ2) is 7.07. The van der Waals surface area contributed by atoms with Gasteiger partial charge < -0.3 is 10.0 Å². The minimum atomic E-state index is -0.00156. The van der Waals surface area contributed by atoms with Gasteiger partial charge in [-0.05, 0) is 35.2 Å². The van der Waals surface area contributed by atoms with Crippen LogP contribution in [0.2, 0.25) is 0 Å². The van der Waals surface area contributed by atoms with Crippen molar-refractivity contribution in [2.75, 3.05) is 7.05 Å². The van der Waals surface area contributed by atoms with Crippen LogP contribution in [0, 0.1) is 5.92 Å². The number of phenolic OH excluding ortho intramolecular Hbond substituents is 1. The molecule has 1 N–H and O–H groups in total. The molecule has 4 nitrogen and oxygen atoms in total. The number of benzene rings is 1. The molecule has 0 spiro atoms. The van der Waals surface area contributed by atoms with Crippen molar-refractivity contribution in [1.29, 1.82) is 0 Å². The lowest BCUT2D eigenvalue weighted by Crippen LogP contribution is -2.35. The van der Waals surface area contributed by atoms with Gasteiger partial charge in [-0.25, -0.2) is 0 Å². The number of hydrogen-bond donors (Lipinski definition) is 1. The zero-order chi connectivity index (χ0) is 16.1. The molecule has 0 saturated carbocycles. The Morgan fingerprint density at radius 1 is 1.23 bits per heavy atom. The van der Waals surface area contributed by atoms with E-state index in [1.54, 1.807) is 35.4 Å². The van der Waals surface area contributed by atoms with Crippen LogP contribution in [0.1, 0.15) is 31.0 Å². The lowest BCUT2D eigenvalue weighted by Gasteiger charge is -2.31. The summed E-state index contributed by atoms with van der Waals surface area (Å²) in [6, 6.07) is 10.6. The van der Waals surface area contributed by atoms with Gasteiger partial charge in [0.05, 0.1) is 12.5 Å². The highest BCUT2D eigenvalue weighted by atomic mass is 16.3. The smallest absolute Gasteiger partial charge is 0.227 e. The van der Waals surface area contributed by atoms with Gasteiger partial charge in [0.1, 0.15) is 5.75 Å². The monoisotopic (exact) mass is 298 g/mol. The van der Waals surface area contributed by atoms with Crippen LogP contribution in [-0.4, -0.2) is 27.9 Å². The Morgan fingerprint density at radius 3 is 2.45 bits per heavy atom. The number of amides is 1. The van der Waals surface area contributed by atoms with E-state index >= 15 is 0 Å². The second-order valence-electron chi connectivity index (χ2n) is 5.82. The molecule has 1 amide bonds. The third kappa shape index (κ3) is 3.85. The SMILES string of the molecule is CC(C)[C@H](c1cccnc1)N(C)C(=O)Cc1ccc(O)cc1. The van der Waals surface area contributed by atoms with Crippen LogP contribution in [0.15, 0.2) is 48.8 Å². The van der Waals surface area contributed by atoms with Gasteiger partial charge in [-0.3, -0.25) is 9.78 Å². The van der Waals surface area contributed by atoms with Crippen molar-refractivity contribution in [2.24, 2.45) is 5.92 Å². The van der Waals surface area contributed by atoms with E-state index in [2.05, 4.69) is 18.8 Å². The summed E-state index contributed by atoms with van der Waals surface area (Å²) in [6.07, 6.45) is 3.87. The summed E-state index contributed by atoms with van der Waals surface area (Å²) in [6.45, 7) is 4.20. The average molecular weight is 298 g/mol. The highest BCUT2D eigenvalue weighted by Crippen LogP contribution is 2.27. The van der Waals surface area contributed by atoms with Gasteiger partial charge in [-0.15, -0.1) is 0 Å². The normalized spacial score (nSPS) is 12.2. The molecule has 2 rings (SSSR count). The van der Waals surface area contributed by atoms with E-state index in [4.69, 9.17) is 0 Å². The Bertz CT molecular complexity index is 609. The minimum absolute atomic E-state index is 0.00156. The van der Waals surface area contributed by atoms with Crippen LogP contribution in [-0.2, 0) is 11.2 Å². The van der Waals surface area contributed by atoms with Crippen molar-refractivity contribution in [3.8, 4) is 5.75 Å².